The molecule has 58 valence electrons. The summed E-state index contributed by atoms with van der Waals surface area (Å²) in [5.41, 5.74) is 0. The van der Waals surface area contributed by atoms with Crippen molar-refractivity contribution in [2.75, 3.05) is 0 Å². The summed E-state index contributed by atoms with van der Waals surface area (Å²) in [6, 6.07) is 0. The van der Waals surface area contributed by atoms with Crippen LogP contribution in [0.5, 0.6) is 0 Å². The van der Waals surface area contributed by atoms with E-state index < -0.39 is 0 Å². The fourth-order valence-corrected chi connectivity index (χ4v) is 3.46. The molecule has 0 spiro atoms. The van der Waals surface area contributed by atoms with E-state index in [0.717, 1.165) is 9.50 Å². The summed E-state index contributed by atoms with van der Waals surface area (Å²) in [5, 5.41) is 0. The minimum atomic E-state index is 0. The maximum atomic E-state index is 2.32. The van der Waals surface area contributed by atoms with Gasteiger partial charge in [0.15, 0.2) is 0 Å². The first-order chi connectivity index (χ1) is 3.13. The molecule has 0 saturated carbocycles. The van der Waals surface area contributed by atoms with Crippen molar-refractivity contribution in [2.45, 2.75) is 37.2 Å². The van der Waals surface area contributed by atoms with E-state index in [4.69, 9.17) is 0 Å². The van der Waals surface area contributed by atoms with Gasteiger partial charge in [-0.25, -0.2) is 0 Å². The summed E-state index contributed by atoms with van der Waals surface area (Å²) in [6.07, 6.45) is 0. The molecule has 0 N–H and O–H groups in total. The van der Waals surface area contributed by atoms with E-state index in [1.807, 2.05) is 0 Å². The van der Waals surface area contributed by atoms with Crippen LogP contribution in [-0.2, 0) is 0 Å². The Kier molecular flexibility index (Phi) is 17.8. The van der Waals surface area contributed by atoms with Gasteiger partial charge in [-0.1, -0.05) is 0 Å². The van der Waals surface area contributed by atoms with Crippen LogP contribution >= 0.6 is 34.0 Å². The molecule has 0 bridgehead atoms. The fraction of sp³-hybridized carbons (Fsp3) is 1.00. The maximum absolute atomic E-state index is 2.32. The van der Waals surface area contributed by atoms with Crippen LogP contribution in [0.4, 0.5) is 0 Å². The zero-order valence-corrected chi connectivity index (χ0v) is 12.0. The van der Waals surface area contributed by atoms with Gasteiger partial charge in [-0.3, -0.25) is 0 Å². The third-order valence-electron chi connectivity index (χ3n) is 0.667. The molecule has 0 aliphatic carbocycles. The van der Waals surface area contributed by atoms with Crippen molar-refractivity contribution in [1.29, 1.82) is 0 Å². The Labute approximate surface area is 86.2 Å². The summed E-state index contributed by atoms with van der Waals surface area (Å²) >= 11 is 0.389. The van der Waals surface area contributed by atoms with Crippen molar-refractivity contribution < 1.29 is 0 Å². The first-order valence-corrected chi connectivity index (χ1v) is 5.31. The molecule has 9 heavy (non-hydrogen) atoms. The molecule has 0 saturated heterocycles. The standard InChI is InChI=1S/C6H14Ge.2BrH/c1-5(2)7-6(3)4;;/h5-6H,1-4H3;2*1H. The molecule has 0 nitrogen and oxygen atoms in total. The molecule has 0 heterocycles. The Morgan fingerprint density at radius 2 is 1.00 bits per heavy atom. The predicted molar refractivity (Wildman–Crippen MR) is 56.6 cm³/mol. The third-order valence-corrected chi connectivity index (χ3v) is 3.46. The van der Waals surface area contributed by atoms with Crippen molar-refractivity contribution >= 4 is 49.4 Å². The number of rotatable bonds is 2. The third kappa shape index (κ3) is 17.7. The van der Waals surface area contributed by atoms with Gasteiger partial charge >= 0.3 is 52.6 Å². The van der Waals surface area contributed by atoms with Crippen molar-refractivity contribution in [3.63, 3.8) is 0 Å². The van der Waals surface area contributed by atoms with E-state index in [1.54, 1.807) is 0 Å². The molecule has 0 aromatic rings. The molecule has 0 rings (SSSR count). The molecular formula is C6H16Br2Ge. The van der Waals surface area contributed by atoms with Gasteiger partial charge in [-0.05, 0) is 0 Å². The van der Waals surface area contributed by atoms with Gasteiger partial charge in [0, 0.05) is 0 Å². The van der Waals surface area contributed by atoms with Crippen LogP contribution in [0.25, 0.3) is 0 Å². The summed E-state index contributed by atoms with van der Waals surface area (Å²) in [4.78, 5) is 0. The summed E-state index contributed by atoms with van der Waals surface area (Å²) in [5.74, 6) is 0. The van der Waals surface area contributed by atoms with Crippen molar-refractivity contribution in [3.05, 3.63) is 0 Å². The van der Waals surface area contributed by atoms with Gasteiger partial charge in [0.2, 0.25) is 0 Å². The van der Waals surface area contributed by atoms with Crippen LogP contribution in [0.1, 0.15) is 27.7 Å². The van der Waals surface area contributed by atoms with Crippen molar-refractivity contribution in [3.8, 4) is 0 Å². The van der Waals surface area contributed by atoms with E-state index >= 15 is 0 Å². The Hall–Kier alpha value is 1.50. The molecular weight excluding hydrogens is 304 g/mol. The Morgan fingerprint density at radius 1 is 0.778 bits per heavy atom. The summed E-state index contributed by atoms with van der Waals surface area (Å²) < 4.78 is 2.00. The van der Waals surface area contributed by atoms with E-state index in [2.05, 4.69) is 27.7 Å². The average Bonchev–Trinajstić information content (AvgIpc) is 1.27. The first kappa shape index (κ1) is 16.8. The summed E-state index contributed by atoms with van der Waals surface area (Å²) in [6.45, 7) is 9.28. The molecule has 0 unspecified atom stereocenters. The molecule has 0 aromatic heterocycles. The van der Waals surface area contributed by atoms with E-state index in [-0.39, 0.29) is 34.0 Å². The number of hydrogen-bond acceptors (Lipinski definition) is 0. The second-order valence-electron chi connectivity index (χ2n) is 2.48. The van der Waals surface area contributed by atoms with Crippen LogP contribution in [0.2, 0.25) is 9.50 Å². The average molecular weight is 321 g/mol. The molecule has 0 aliphatic rings. The normalized spacial score (nSPS) is 8.67. The first-order valence-electron chi connectivity index (χ1n) is 2.89. The molecule has 0 aliphatic heterocycles. The van der Waals surface area contributed by atoms with Gasteiger partial charge in [-0.15, -0.1) is 34.0 Å². The van der Waals surface area contributed by atoms with Crippen molar-refractivity contribution in [2.24, 2.45) is 0 Å². The van der Waals surface area contributed by atoms with Crippen LogP contribution in [0.15, 0.2) is 0 Å². The molecule has 3 heteroatoms. The molecule has 0 aromatic carbocycles. The molecule has 0 amide bonds. The minimum absolute atomic E-state index is 0. The second-order valence-corrected chi connectivity index (χ2v) is 8.02. The zero-order valence-electron chi connectivity index (χ0n) is 6.47. The number of hydrogen-bond donors (Lipinski definition) is 0. The second kappa shape index (κ2) is 9.50. The van der Waals surface area contributed by atoms with E-state index in [9.17, 15) is 0 Å². The Morgan fingerprint density at radius 3 is 1.00 bits per heavy atom. The monoisotopic (exact) mass is 320 g/mol. The van der Waals surface area contributed by atoms with E-state index in [1.165, 1.54) is 0 Å². The van der Waals surface area contributed by atoms with Gasteiger partial charge in [0.05, 0.1) is 0 Å². The van der Waals surface area contributed by atoms with Crippen LogP contribution in [0.3, 0.4) is 0 Å². The molecule has 2 radical (unpaired) electrons. The van der Waals surface area contributed by atoms with Crippen LogP contribution < -0.4 is 0 Å². The topological polar surface area (TPSA) is 0 Å². The number of halogens is 2. The predicted octanol–water partition coefficient (Wildman–Crippen LogP) is 3.50. The van der Waals surface area contributed by atoms with Crippen molar-refractivity contribution in [1.82, 2.24) is 0 Å². The van der Waals surface area contributed by atoms with Gasteiger partial charge in [0.25, 0.3) is 0 Å². The van der Waals surface area contributed by atoms with Crippen LogP contribution in [0, 0.1) is 0 Å². The van der Waals surface area contributed by atoms with Gasteiger partial charge < -0.3 is 0 Å². The van der Waals surface area contributed by atoms with E-state index in [0.29, 0.717) is 15.4 Å². The SMILES string of the molecule is Br.Br.C[CH](C)[Ge][CH](C)C. The van der Waals surface area contributed by atoms with Gasteiger partial charge in [-0.2, -0.15) is 0 Å². The quantitative estimate of drug-likeness (QED) is 0.683. The fourth-order valence-electron chi connectivity index (χ4n) is 0.667. The summed E-state index contributed by atoms with van der Waals surface area (Å²) in [7, 11) is 0. The molecule has 0 fully saturated rings. The van der Waals surface area contributed by atoms with Gasteiger partial charge in [0.1, 0.15) is 0 Å². The zero-order chi connectivity index (χ0) is 5.86. The Balaban J connectivity index is -0.000000180. The van der Waals surface area contributed by atoms with Crippen LogP contribution in [-0.4, -0.2) is 15.4 Å². The Bertz CT molecular complexity index is 40.3. The molecule has 0 atom stereocenters.